The summed E-state index contributed by atoms with van der Waals surface area (Å²) < 4.78 is 9.44. The molecule has 26 heavy (non-hydrogen) atoms. The Kier molecular flexibility index (Phi) is 7.13. The third kappa shape index (κ3) is 5.87. The topological polar surface area (TPSA) is 102 Å². The number of nitrogens with one attached hydrogen (secondary N) is 1. The van der Waals surface area contributed by atoms with Gasteiger partial charge >= 0.3 is 12.1 Å². The Morgan fingerprint density at radius 2 is 1.92 bits per heavy atom. The third-order valence-electron chi connectivity index (χ3n) is 3.92. The molecule has 0 radical (unpaired) electrons. The molecule has 8 nitrogen and oxygen atoms in total. The summed E-state index contributed by atoms with van der Waals surface area (Å²) >= 11 is 0. The van der Waals surface area contributed by atoms with Crippen molar-refractivity contribution >= 4 is 23.9 Å². The normalized spacial score (nSPS) is 16.3. The minimum atomic E-state index is -0.892. The van der Waals surface area contributed by atoms with Gasteiger partial charge in [0, 0.05) is 19.5 Å². The van der Waals surface area contributed by atoms with Crippen LogP contribution < -0.4 is 5.32 Å². The maximum Gasteiger partial charge on any atom is 0.413 e. The number of benzene rings is 1. The number of rotatable bonds is 7. The van der Waals surface area contributed by atoms with Gasteiger partial charge in [-0.2, -0.15) is 0 Å². The molecule has 1 aromatic carbocycles. The first-order chi connectivity index (χ1) is 12.5. The number of carbonyl (C=O) groups excluding carboxylic acids is 4. The molecule has 0 saturated carbocycles. The molecular weight excluding hydrogens is 340 g/mol. The number of carbonyl (C=O) groups is 4. The van der Waals surface area contributed by atoms with Crippen LogP contribution in [0.4, 0.5) is 4.79 Å². The minimum absolute atomic E-state index is 0.0626. The highest BCUT2D eigenvalue weighted by Gasteiger charge is 2.35. The number of hydrogen-bond acceptors (Lipinski definition) is 6. The highest BCUT2D eigenvalue weighted by molar-refractivity contribution is 5.94. The summed E-state index contributed by atoms with van der Waals surface area (Å²) in [6, 6.07) is 9.75. The highest BCUT2D eigenvalue weighted by atomic mass is 16.6. The van der Waals surface area contributed by atoms with Crippen molar-refractivity contribution in [1.82, 2.24) is 10.2 Å². The van der Waals surface area contributed by atoms with Crippen molar-refractivity contribution in [1.29, 1.82) is 0 Å². The fourth-order valence-corrected chi connectivity index (χ4v) is 2.63. The fraction of sp³-hybridized carbons (Fsp3) is 0.444. The van der Waals surface area contributed by atoms with Gasteiger partial charge in [-0.05, 0) is 18.9 Å². The number of alkyl carbamates (subject to hydrolysis) is 1. The molecule has 8 heteroatoms. The summed E-state index contributed by atoms with van der Waals surface area (Å²) in [6.45, 7) is 1.93. The monoisotopic (exact) mass is 362 g/mol. The van der Waals surface area contributed by atoms with Crippen molar-refractivity contribution in [3.05, 3.63) is 35.9 Å². The van der Waals surface area contributed by atoms with Gasteiger partial charge in [-0.3, -0.25) is 19.7 Å². The number of nitrogens with zero attached hydrogens (tertiary/aromatic N) is 1. The molecule has 0 spiro atoms. The van der Waals surface area contributed by atoms with E-state index in [1.54, 1.807) is 11.8 Å². The molecule has 1 heterocycles. The number of likely N-dealkylation sites (tertiary alicyclic amines) is 1. The molecule has 1 N–H and O–H groups in total. The highest BCUT2D eigenvalue weighted by Crippen LogP contribution is 2.19. The van der Waals surface area contributed by atoms with Crippen LogP contribution in [0.5, 0.6) is 0 Å². The second-order valence-electron chi connectivity index (χ2n) is 5.85. The molecule has 0 aliphatic carbocycles. The van der Waals surface area contributed by atoms with E-state index in [1.165, 1.54) is 0 Å². The zero-order chi connectivity index (χ0) is 18.9. The molecule has 2 rings (SSSR count). The number of ether oxygens (including phenoxy) is 2. The molecule has 0 unspecified atom stereocenters. The smallest absolute Gasteiger partial charge is 0.413 e. The zero-order valence-corrected chi connectivity index (χ0v) is 14.6. The molecule has 140 valence electrons. The summed E-state index contributed by atoms with van der Waals surface area (Å²) in [5, 5.41) is 1.93. The predicted molar refractivity (Wildman–Crippen MR) is 91.0 cm³/mol. The van der Waals surface area contributed by atoms with Crippen LogP contribution in [0, 0.1) is 5.92 Å². The molecule has 1 aromatic rings. The average Bonchev–Trinajstić information content (AvgIpc) is 3.00. The van der Waals surface area contributed by atoms with Gasteiger partial charge in [-0.15, -0.1) is 0 Å². The van der Waals surface area contributed by atoms with E-state index in [9.17, 15) is 19.2 Å². The minimum Gasteiger partial charge on any atom is -0.455 e. The van der Waals surface area contributed by atoms with Crippen LogP contribution in [0.3, 0.4) is 0 Å². The molecule has 1 saturated heterocycles. The summed E-state index contributed by atoms with van der Waals surface area (Å²) in [6.07, 6.45) is -0.125. The molecule has 0 aromatic heterocycles. The van der Waals surface area contributed by atoms with Gasteiger partial charge in [-0.1, -0.05) is 30.3 Å². The maximum atomic E-state index is 12.0. The van der Waals surface area contributed by atoms with E-state index in [1.807, 2.05) is 35.6 Å². The van der Waals surface area contributed by atoms with Gasteiger partial charge in [0.1, 0.15) is 0 Å². The summed E-state index contributed by atoms with van der Waals surface area (Å²) in [4.78, 5) is 48.2. The van der Waals surface area contributed by atoms with Crippen LogP contribution in [-0.4, -0.2) is 55.1 Å². The quantitative estimate of drug-likeness (QED) is 0.723. The maximum absolute atomic E-state index is 12.0. The Labute approximate surface area is 151 Å². The van der Waals surface area contributed by atoms with Crippen molar-refractivity contribution < 1.29 is 28.7 Å². The number of hydrogen-bond donors (Lipinski definition) is 1. The molecule has 1 aliphatic heterocycles. The van der Waals surface area contributed by atoms with Crippen molar-refractivity contribution in [2.75, 3.05) is 26.3 Å². The Morgan fingerprint density at radius 1 is 1.19 bits per heavy atom. The summed E-state index contributed by atoms with van der Waals surface area (Å²) in [5.41, 5.74) is 1.11. The molecule has 1 fully saturated rings. The van der Waals surface area contributed by atoms with Crippen LogP contribution in [0.1, 0.15) is 18.9 Å². The average molecular weight is 362 g/mol. The fourth-order valence-electron chi connectivity index (χ4n) is 2.63. The molecule has 3 amide bonds. The lowest BCUT2D eigenvalue weighted by atomic mass is 10.1. The van der Waals surface area contributed by atoms with Crippen LogP contribution in [0.2, 0.25) is 0 Å². The van der Waals surface area contributed by atoms with Gasteiger partial charge in [0.2, 0.25) is 5.91 Å². The van der Waals surface area contributed by atoms with Gasteiger partial charge in [-0.25, -0.2) is 4.79 Å². The van der Waals surface area contributed by atoms with Gasteiger partial charge in [0.05, 0.1) is 12.5 Å². The Balaban J connectivity index is 1.74. The Bertz CT molecular complexity index is 661. The number of amides is 3. The van der Waals surface area contributed by atoms with Crippen LogP contribution in [-0.2, 0) is 30.3 Å². The van der Waals surface area contributed by atoms with Gasteiger partial charge < -0.3 is 14.4 Å². The van der Waals surface area contributed by atoms with E-state index in [-0.39, 0.29) is 25.5 Å². The van der Waals surface area contributed by atoms with Crippen molar-refractivity contribution in [3.63, 3.8) is 0 Å². The predicted octanol–water partition coefficient (Wildman–Crippen LogP) is 0.894. The lowest BCUT2D eigenvalue weighted by Crippen LogP contribution is -2.35. The van der Waals surface area contributed by atoms with Crippen molar-refractivity contribution in [3.8, 4) is 0 Å². The standard InChI is InChI=1S/C18H22N2O6/c1-2-25-18(24)19-15(21)12-26-17(23)14-10-16(22)20(11-14)9-8-13-6-4-3-5-7-13/h3-7,14H,2,8-12H2,1H3,(H,19,21,24)/t14-/m1/s1. The van der Waals surface area contributed by atoms with E-state index >= 15 is 0 Å². The van der Waals surface area contributed by atoms with E-state index in [2.05, 4.69) is 4.74 Å². The van der Waals surface area contributed by atoms with Crippen molar-refractivity contribution in [2.45, 2.75) is 19.8 Å². The zero-order valence-electron chi connectivity index (χ0n) is 14.6. The van der Waals surface area contributed by atoms with Crippen molar-refractivity contribution in [2.24, 2.45) is 5.92 Å². The molecule has 0 bridgehead atoms. The van der Waals surface area contributed by atoms with E-state index in [0.717, 1.165) is 5.56 Å². The molecular formula is C18H22N2O6. The van der Waals surface area contributed by atoms with Crippen LogP contribution >= 0.6 is 0 Å². The largest absolute Gasteiger partial charge is 0.455 e. The lowest BCUT2D eigenvalue weighted by Gasteiger charge is -2.16. The second-order valence-corrected chi connectivity index (χ2v) is 5.85. The van der Waals surface area contributed by atoms with E-state index in [4.69, 9.17) is 4.74 Å². The SMILES string of the molecule is CCOC(=O)NC(=O)COC(=O)[C@@H]1CC(=O)N(CCc2ccccc2)C1. The van der Waals surface area contributed by atoms with Gasteiger partial charge in [0.15, 0.2) is 6.61 Å². The Morgan fingerprint density at radius 3 is 2.62 bits per heavy atom. The number of imide groups is 1. The molecule has 1 atom stereocenters. The number of esters is 1. The molecule has 1 aliphatic rings. The van der Waals surface area contributed by atoms with Crippen LogP contribution in [0.25, 0.3) is 0 Å². The first-order valence-electron chi connectivity index (χ1n) is 8.44. The Hall–Kier alpha value is -2.90. The van der Waals surface area contributed by atoms with Crippen LogP contribution in [0.15, 0.2) is 30.3 Å². The third-order valence-corrected chi connectivity index (χ3v) is 3.92. The second kappa shape index (κ2) is 9.55. The summed E-state index contributed by atoms with van der Waals surface area (Å²) in [5.74, 6) is -2.12. The lowest BCUT2D eigenvalue weighted by molar-refractivity contribution is -0.152. The van der Waals surface area contributed by atoms with E-state index in [0.29, 0.717) is 13.0 Å². The van der Waals surface area contributed by atoms with E-state index < -0.39 is 30.5 Å². The first kappa shape index (κ1) is 19.4. The summed E-state index contributed by atoms with van der Waals surface area (Å²) in [7, 11) is 0. The first-order valence-corrected chi connectivity index (χ1v) is 8.44. The van der Waals surface area contributed by atoms with Gasteiger partial charge in [0.25, 0.3) is 5.91 Å².